The monoisotopic (exact) mass is 296 g/mol. The molecule has 0 aliphatic heterocycles. The lowest BCUT2D eigenvalue weighted by Gasteiger charge is -2.13. The number of hydrogen-bond donors (Lipinski definition) is 1. The maximum absolute atomic E-state index is 13.0. The van der Waals surface area contributed by atoms with Gasteiger partial charge in [0.1, 0.15) is 11.6 Å². The summed E-state index contributed by atoms with van der Waals surface area (Å²) >= 11 is 5.93. The van der Waals surface area contributed by atoms with Gasteiger partial charge in [-0.15, -0.1) is 0 Å². The number of hydrogen-bond acceptors (Lipinski definition) is 1. The quantitative estimate of drug-likeness (QED) is 0.901. The molecule has 0 bridgehead atoms. The van der Waals surface area contributed by atoms with E-state index in [1.807, 2.05) is 0 Å². The molecule has 0 heterocycles. The molecule has 1 unspecified atom stereocenters. The molecule has 0 aromatic heterocycles. The molecular weight excluding hydrogens is 282 g/mol. The van der Waals surface area contributed by atoms with Crippen molar-refractivity contribution in [1.82, 2.24) is 0 Å². The normalized spacial score (nSPS) is 12.4. The van der Waals surface area contributed by atoms with Gasteiger partial charge in [-0.2, -0.15) is 0 Å². The number of aliphatic hydroxyl groups is 1. The summed E-state index contributed by atoms with van der Waals surface area (Å²) in [4.78, 5) is 0. The Hall–Kier alpha value is -1.45. The minimum absolute atomic E-state index is 0.290. The summed E-state index contributed by atoms with van der Waals surface area (Å²) in [6, 6.07) is 8.59. The molecule has 0 saturated carbocycles. The number of aliphatic hydroxyl groups excluding tert-OH is 1. The summed E-state index contributed by atoms with van der Waals surface area (Å²) in [5.41, 5.74) is 2.38. The molecule has 0 fully saturated rings. The molecule has 0 radical (unpaired) electrons. The first kappa shape index (κ1) is 14.9. The van der Waals surface area contributed by atoms with Crippen LogP contribution in [0.1, 0.15) is 16.7 Å². The van der Waals surface area contributed by atoms with Crippen molar-refractivity contribution in [2.24, 2.45) is 0 Å². The molecule has 0 spiro atoms. The SMILES string of the molecule is Cc1cc(F)ccc1CC(O)Cc1ccc(F)cc1Cl. The van der Waals surface area contributed by atoms with Gasteiger partial charge >= 0.3 is 0 Å². The Labute approximate surface area is 121 Å². The van der Waals surface area contributed by atoms with Crippen LogP contribution in [0.4, 0.5) is 8.78 Å². The lowest BCUT2D eigenvalue weighted by atomic mass is 9.98. The third kappa shape index (κ3) is 3.78. The molecule has 2 aromatic rings. The highest BCUT2D eigenvalue weighted by Gasteiger charge is 2.12. The minimum atomic E-state index is -0.651. The van der Waals surface area contributed by atoms with Gasteiger partial charge in [0.2, 0.25) is 0 Å². The third-order valence-electron chi connectivity index (χ3n) is 3.23. The molecule has 0 amide bonds. The summed E-state index contributed by atoms with van der Waals surface area (Å²) in [5, 5.41) is 10.4. The smallest absolute Gasteiger partial charge is 0.124 e. The van der Waals surface area contributed by atoms with Crippen LogP contribution in [0.2, 0.25) is 5.02 Å². The molecule has 2 aromatic carbocycles. The van der Waals surface area contributed by atoms with E-state index in [2.05, 4.69) is 0 Å². The first-order valence-electron chi connectivity index (χ1n) is 6.32. The van der Waals surface area contributed by atoms with Gasteiger partial charge in [0.05, 0.1) is 6.10 Å². The van der Waals surface area contributed by atoms with Crippen molar-refractivity contribution in [3.63, 3.8) is 0 Å². The van der Waals surface area contributed by atoms with E-state index < -0.39 is 11.9 Å². The Kier molecular flexibility index (Phi) is 4.73. The van der Waals surface area contributed by atoms with Gasteiger partial charge in [0, 0.05) is 11.4 Å². The van der Waals surface area contributed by atoms with Gasteiger partial charge < -0.3 is 5.11 Å². The Balaban J connectivity index is 2.07. The standard InChI is InChI=1S/C16H15ClF2O/c1-10-6-13(18)4-2-11(10)7-15(20)8-12-3-5-14(19)9-16(12)17/h2-6,9,15,20H,7-8H2,1H3. The van der Waals surface area contributed by atoms with Crippen LogP contribution in [-0.2, 0) is 12.8 Å². The van der Waals surface area contributed by atoms with Gasteiger partial charge in [0.25, 0.3) is 0 Å². The first-order valence-corrected chi connectivity index (χ1v) is 6.70. The van der Waals surface area contributed by atoms with Crippen molar-refractivity contribution >= 4 is 11.6 Å². The summed E-state index contributed by atoms with van der Waals surface area (Å²) in [7, 11) is 0. The van der Waals surface area contributed by atoms with Crippen LogP contribution in [0.15, 0.2) is 36.4 Å². The maximum atomic E-state index is 13.0. The van der Waals surface area contributed by atoms with Crippen molar-refractivity contribution in [2.45, 2.75) is 25.9 Å². The molecule has 0 aliphatic carbocycles. The van der Waals surface area contributed by atoms with Crippen molar-refractivity contribution < 1.29 is 13.9 Å². The van der Waals surface area contributed by atoms with Crippen LogP contribution >= 0.6 is 11.6 Å². The van der Waals surface area contributed by atoms with Crippen molar-refractivity contribution in [2.75, 3.05) is 0 Å². The van der Waals surface area contributed by atoms with E-state index in [0.717, 1.165) is 11.1 Å². The molecule has 1 atom stereocenters. The number of rotatable bonds is 4. The molecular formula is C16H15ClF2O. The first-order chi connectivity index (χ1) is 9.45. The minimum Gasteiger partial charge on any atom is -0.392 e. The van der Waals surface area contributed by atoms with E-state index >= 15 is 0 Å². The number of halogens is 3. The summed E-state index contributed by atoms with van der Waals surface area (Å²) < 4.78 is 25.9. The molecule has 4 heteroatoms. The molecule has 0 saturated heterocycles. The van der Waals surface area contributed by atoms with Gasteiger partial charge in [-0.3, -0.25) is 0 Å². The predicted octanol–water partition coefficient (Wildman–Crippen LogP) is 4.07. The van der Waals surface area contributed by atoms with Gasteiger partial charge in [0.15, 0.2) is 0 Å². The topological polar surface area (TPSA) is 20.2 Å². The van der Waals surface area contributed by atoms with E-state index in [1.54, 1.807) is 19.1 Å². The van der Waals surface area contributed by atoms with Crippen molar-refractivity contribution in [3.05, 3.63) is 69.7 Å². The van der Waals surface area contributed by atoms with E-state index in [-0.39, 0.29) is 5.82 Å². The van der Waals surface area contributed by atoms with Crippen molar-refractivity contribution in [1.29, 1.82) is 0 Å². The highest BCUT2D eigenvalue weighted by Crippen LogP contribution is 2.20. The fourth-order valence-electron chi connectivity index (χ4n) is 2.16. The fraction of sp³-hybridized carbons (Fsp3) is 0.250. The highest BCUT2D eigenvalue weighted by molar-refractivity contribution is 6.31. The molecule has 20 heavy (non-hydrogen) atoms. The third-order valence-corrected chi connectivity index (χ3v) is 3.58. The molecule has 0 aliphatic rings. The second-order valence-corrected chi connectivity index (χ2v) is 5.28. The summed E-state index contributed by atoms with van der Waals surface area (Å²) in [6.07, 6.45) is 0.0811. The number of benzene rings is 2. The van der Waals surface area contributed by atoms with Crippen LogP contribution in [0.25, 0.3) is 0 Å². The Morgan fingerprint density at radius 1 is 1.00 bits per heavy atom. The zero-order chi connectivity index (χ0) is 14.7. The summed E-state index contributed by atoms with van der Waals surface area (Å²) in [6.45, 7) is 1.80. The van der Waals surface area contributed by atoms with E-state index in [9.17, 15) is 13.9 Å². The fourth-order valence-corrected chi connectivity index (χ4v) is 2.40. The van der Waals surface area contributed by atoms with E-state index in [4.69, 9.17) is 11.6 Å². The maximum Gasteiger partial charge on any atom is 0.124 e. The highest BCUT2D eigenvalue weighted by atomic mass is 35.5. The Morgan fingerprint density at radius 3 is 2.15 bits per heavy atom. The molecule has 1 N–H and O–H groups in total. The van der Waals surface area contributed by atoms with Crippen molar-refractivity contribution in [3.8, 4) is 0 Å². The molecule has 106 valence electrons. The van der Waals surface area contributed by atoms with Crippen LogP contribution in [-0.4, -0.2) is 11.2 Å². The van der Waals surface area contributed by atoms with Crippen LogP contribution in [0.3, 0.4) is 0 Å². The average molecular weight is 297 g/mol. The van der Waals surface area contributed by atoms with Gasteiger partial charge in [-0.05, 0) is 54.3 Å². The lowest BCUT2D eigenvalue weighted by Crippen LogP contribution is -2.15. The van der Waals surface area contributed by atoms with Gasteiger partial charge in [-0.25, -0.2) is 8.78 Å². The largest absolute Gasteiger partial charge is 0.392 e. The van der Waals surface area contributed by atoms with E-state index in [0.29, 0.717) is 23.4 Å². The second kappa shape index (κ2) is 6.33. The number of aryl methyl sites for hydroxylation is 1. The van der Waals surface area contributed by atoms with Crippen LogP contribution < -0.4 is 0 Å². The zero-order valence-corrected chi connectivity index (χ0v) is 11.8. The Bertz CT molecular complexity index is 560. The Morgan fingerprint density at radius 2 is 1.55 bits per heavy atom. The van der Waals surface area contributed by atoms with E-state index in [1.165, 1.54) is 24.3 Å². The summed E-state index contributed by atoms with van der Waals surface area (Å²) in [5.74, 6) is -0.690. The van der Waals surface area contributed by atoms with Crippen LogP contribution in [0.5, 0.6) is 0 Å². The zero-order valence-electron chi connectivity index (χ0n) is 11.0. The molecule has 2 rings (SSSR count). The molecule has 1 nitrogen and oxygen atoms in total. The van der Waals surface area contributed by atoms with Crippen LogP contribution in [0, 0.1) is 18.6 Å². The second-order valence-electron chi connectivity index (χ2n) is 4.87. The van der Waals surface area contributed by atoms with Gasteiger partial charge in [-0.1, -0.05) is 23.7 Å². The average Bonchev–Trinajstić information content (AvgIpc) is 2.36. The predicted molar refractivity (Wildman–Crippen MR) is 76.0 cm³/mol. The lowest BCUT2D eigenvalue weighted by molar-refractivity contribution is 0.175.